The van der Waals surface area contributed by atoms with Gasteiger partial charge in [0.1, 0.15) is 0 Å². The molecule has 25 heavy (non-hydrogen) atoms. The van der Waals surface area contributed by atoms with Crippen LogP contribution in [0.3, 0.4) is 0 Å². The monoisotopic (exact) mass is 359 g/mol. The van der Waals surface area contributed by atoms with Crippen molar-refractivity contribution in [2.75, 3.05) is 19.7 Å². The molecule has 8 nitrogen and oxygen atoms in total. The molecule has 1 fully saturated rings. The lowest BCUT2D eigenvalue weighted by Crippen LogP contribution is -2.42. The van der Waals surface area contributed by atoms with Crippen LogP contribution in [0.25, 0.3) is 10.7 Å². The molecule has 0 radical (unpaired) electrons. The standard InChI is InChI=1S/C16H17N5O3S/c1-2-21-9-11(8-17-21)16(22)20-5-6-23-12(10-20)15-18-14(19-24-15)13-4-3-7-25-13/h3-4,7-9,12H,2,5-6,10H2,1H3/t12-/m1/s1. The van der Waals surface area contributed by atoms with Gasteiger partial charge in [-0.05, 0) is 18.4 Å². The van der Waals surface area contributed by atoms with Crippen LogP contribution in [-0.2, 0) is 11.3 Å². The van der Waals surface area contributed by atoms with E-state index in [0.717, 1.165) is 11.4 Å². The summed E-state index contributed by atoms with van der Waals surface area (Å²) in [4.78, 5) is 19.7. The maximum atomic E-state index is 12.6. The molecule has 3 aromatic heterocycles. The topological polar surface area (TPSA) is 86.3 Å². The van der Waals surface area contributed by atoms with E-state index >= 15 is 0 Å². The van der Waals surface area contributed by atoms with Crippen molar-refractivity contribution in [2.24, 2.45) is 0 Å². The lowest BCUT2D eigenvalue weighted by Gasteiger charge is -2.30. The number of rotatable bonds is 4. The fraction of sp³-hybridized carbons (Fsp3) is 0.375. The van der Waals surface area contributed by atoms with Crippen LogP contribution >= 0.6 is 11.3 Å². The molecule has 0 aliphatic carbocycles. The van der Waals surface area contributed by atoms with E-state index < -0.39 is 6.10 Å². The Morgan fingerprint density at radius 1 is 1.48 bits per heavy atom. The van der Waals surface area contributed by atoms with Crippen molar-refractivity contribution in [3.05, 3.63) is 41.4 Å². The maximum absolute atomic E-state index is 12.6. The number of thiophene rings is 1. The second-order valence-electron chi connectivity index (χ2n) is 5.63. The number of amides is 1. The van der Waals surface area contributed by atoms with Gasteiger partial charge in [0, 0.05) is 19.3 Å². The quantitative estimate of drug-likeness (QED) is 0.710. The third kappa shape index (κ3) is 3.20. The Kier molecular flexibility index (Phi) is 4.33. The van der Waals surface area contributed by atoms with Gasteiger partial charge in [0.05, 0.1) is 29.8 Å². The second-order valence-corrected chi connectivity index (χ2v) is 6.58. The number of hydrogen-bond donors (Lipinski definition) is 0. The molecule has 1 amide bonds. The van der Waals surface area contributed by atoms with Crippen LogP contribution in [0.2, 0.25) is 0 Å². The van der Waals surface area contributed by atoms with E-state index in [2.05, 4.69) is 15.2 Å². The minimum Gasteiger partial charge on any atom is -0.365 e. The lowest BCUT2D eigenvalue weighted by atomic mass is 10.2. The molecule has 130 valence electrons. The number of carbonyl (C=O) groups is 1. The number of ether oxygens (including phenoxy) is 1. The summed E-state index contributed by atoms with van der Waals surface area (Å²) in [5, 5.41) is 10.1. The number of hydrogen-bond acceptors (Lipinski definition) is 7. The zero-order valence-corrected chi connectivity index (χ0v) is 14.5. The van der Waals surface area contributed by atoms with Crippen LogP contribution < -0.4 is 0 Å². The third-order valence-electron chi connectivity index (χ3n) is 4.02. The molecule has 1 atom stereocenters. The zero-order valence-electron chi connectivity index (χ0n) is 13.7. The smallest absolute Gasteiger partial charge is 0.257 e. The van der Waals surface area contributed by atoms with Crippen LogP contribution in [0, 0.1) is 0 Å². The summed E-state index contributed by atoms with van der Waals surface area (Å²) in [5.74, 6) is 0.873. The van der Waals surface area contributed by atoms with Crippen molar-refractivity contribution >= 4 is 17.2 Å². The first-order chi connectivity index (χ1) is 12.2. The molecule has 0 aromatic carbocycles. The first-order valence-corrected chi connectivity index (χ1v) is 8.93. The Hall–Kier alpha value is -2.52. The fourth-order valence-corrected chi connectivity index (χ4v) is 3.33. The van der Waals surface area contributed by atoms with E-state index in [4.69, 9.17) is 9.26 Å². The molecule has 4 heterocycles. The summed E-state index contributed by atoms with van der Waals surface area (Å²) in [6.07, 6.45) is 2.94. The van der Waals surface area contributed by atoms with E-state index in [0.29, 0.717) is 37.0 Å². The van der Waals surface area contributed by atoms with Crippen molar-refractivity contribution in [2.45, 2.75) is 19.6 Å². The molecule has 0 unspecified atom stereocenters. The van der Waals surface area contributed by atoms with Crippen molar-refractivity contribution in [3.8, 4) is 10.7 Å². The predicted octanol–water partition coefficient (Wildman–Crippen LogP) is 2.23. The highest BCUT2D eigenvalue weighted by Crippen LogP contribution is 2.26. The van der Waals surface area contributed by atoms with Crippen LogP contribution in [0.4, 0.5) is 0 Å². The van der Waals surface area contributed by atoms with Crippen LogP contribution in [0.15, 0.2) is 34.4 Å². The Balaban J connectivity index is 1.48. The van der Waals surface area contributed by atoms with Crippen molar-refractivity contribution < 1.29 is 14.1 Å². The molecule has 0 saturated carbocycles. The van der Waals surface area contributed by atoms with Gasteiger partial charge in [-0.1, -0.05) is 11.2 Å². The van der Waals surface area contributed by atoms with Crippen molar-refractivity contribution in [3.63, 3.8) is 0 Å². The Morgan fingerprint density at radius 2 is 2.40 bits per heavy atom. The first kappa shape index (κ1) is 16.0. The summed E-state index contributed by atoms with van der Waals surface area (Å²) in [6.45, 7) is 4.04. The summed E-state index contributed by atoms with van der Waals surface area (Å²) in [5.41, 5.74) is 0.576. The molecule has 0 spiro atoms. The minimum absolute atomic E-state index is 0.0639. The van der Waals surface area contributed by atoms with Crippen LogP contribution in [0.1, 0.15) is 29.3 Å². The molecule has 0 bridgehead atoms. The highest BCUT2D eigenvalue weighted by molar-refractivity contribution is 7.13. The number of nitrogens with zero attached hydrogens (tertiary/aromatic N) is 5. The van der Waals surface area contributed by atoms with Gasteiger partial charge in [-0.25, -0.2) is 0 Å². The van der Waals surface area contributed by atoms with Crippen molar-refractivity contribution in [1.29, 1.82) is 0 Å². The number of aromatic nitrogens is 4. The van der Waals surface area contributed by atoms with Gasteiger partial charge in [0.15, 0.2) is 6.10 Å². The lowest BCUT2D eigenvalue weighted by molar-refractivity contribution is -0.0367. The predicted molar refractivity (Wildman–Crippen MR) is 90.1 cm³/mol. The summed E-state index contributed by atoms with van der Waals surface area (Å²) < 4.78 is 12.8. The third-order valence-corrected chi connectivity index (χ3v) is 4.88. The highest BCUT2D eigenvalue weighted by Gasteiger charge is 2.30. The molecule has 1 aliphatic heterocycles. The van der Waals surface area contributed by atoms with Gasteiger partial charge in [0.2, 0.25) is 5.82 Å². The zero-order chi connectivity index (χ0) is 17.2. The average molecular weight is 359 g/mol. The SMILES string of the molecule is CCn1cc(C(=O)N2CCO[C@@H](c3nc(-c4cccs4)no3)C2)cn1. The largest absolute Gasteiger partial charge is 0.365 e. The molecule has 0 N–H and O–H groups in total. The first-order valence-electron chi connectivity index (χ1n) is 8.05. The highest BCUT2D eigenvalue weighted by atomic mass is 32.1. The Bertz CT molecular complexity index is 857. The summed E-state index contributed by atoms with van der Waals surface area (Å²) in [7, 11) is 0. The van der Waals surface area contributed by atoms with Gasteiger partial charge in [-0.3, -0.25) is 9.48 Å². The number of carbonyl (C=O) groups excluding carboxylic acids is 1. The fourth-order valence-electron chi connectivity index (χ4n) is 2.68. The molecule has 9 heteroatoms. The maximum Gasteiger partial charge on any atom is 0.257 e. The summed E-state index contributed by atoms with van der Waals surface area (Å²) >= 11 is 1.54. The average Bonchev–Trinajstić information content (AvgIpc) is 3.41. The van der Waals surface area contributed by atoms with Gasteiger partial charge in [0.25, 0.3) is 11.8 Å². The molecule has 4 rings (SSSR count). The summed E-state index contributed by atoms with van der Waals surface area (Å²) in [6, 6.07) is 3.87. The second kappa shape index (κ2) is 6.77. The molecular weight excluding hydrogens is 342 g/mol. The normalized spacial score (nSPS) is 17.8. The van der Waals surface area contributed by atoms with E-state index in [-0.39, 0.29) is 5.91 Å². The van der Waals surface area contributed by atoms with Crippen molar-refractivity contribution in [1.82, 2.24) is 24.8 Å². The van der Waals surface area contributed by atoms with E-state index in [9.17, 15) is 4.79 Å². The van der Waals surface area contributed by atoms with E-state index in [1.807, 2.05) is 24.4 Å². The van der Waals surface area contributed by atoms with Gasteiger partial charge >= 0.3 is 0 Å². The molecule has 3 aromatic rings. The van der Waals surface area contributed by atoms with Gasteiger partial charge in [-0.2, -0.15) is 10.1 Å². The van der Waals surface area contributed by atoms with Crippen LogP contribution in [-0.4, -0.2) is 50.4 Å². The Morgan fingerprint density at radius 3 is 3.16 bits per heavy atom. The Labute approximate surface area is 148 Å². The molecular formula is C16H17N5O3S. The van der Waals surface area contributed by atoms with E-state index in [1.165, 1.54) is 0 Å². The van der Waals surface area contributed by atoms with Gasteiger partial charge in [-0.15, -0.1) is 11.3 Å². The molecule has 1 saturated heterocycles. The van der Waals surface area contributed by atoms with Crippen LogP contribution in [0.5, 0.6) is 0 Å². The minimum atomic E-state index is -0.417. The number of aryl methyl sites for hydroxylation is 1. The van der Waals surface area contributed by atoms with Gasteiger partial charge < -0.3 is 14.2 Å². The number of morpholine rings is 1. The molecule has 1 aliphatic rings. The van der Waals surface area contributed by atoms with E-state index in [1.54, 1.807) is 33.3 Å².